The van der Waals surface area contributed by atoms with Crippen LogP contribution in [0.25, 0.3) is 11.5 Å². The highest BCUT2D eigenvalue weighted by Gasteiger charge is 2.21. The average Bonchev–Trinajstić information content (AvgIpc) is 3.02. The Morgan fingerprint density at radius 3 is 2.58 bits per heavy atom. The lowest BCUT2D eigenvalue weighted by Gasteiger charge is -2.25. The number of sulfonamides is 1. The maximum atomic E-state index is 12.1. The second-order valence-electron chi connectivity index (χ2n) is 6.04. The van der Waals surface area contributed by atoms with Crippen LogP contribution in [-0.4, -0.2) is 31.6 Å². The molecule has 1 aliphatic carbocycles. The smallest absolute Gasteiger partial charge is 0.260 e. The minimum absolute atomic E-state index is 0.171. The van der Waals surface area contributed by atoms with Crippen LogP contribution < -0.4 is 10.0 Å². The van der Waals surface area contributed by atoms with E-state index in [4.69, 9.17) is 4.52 Å². The average molecular weight is 350 g/mol. The quantitative estimate of drug-likeness (QED) is 0.860. The van der Waals surface area contributed by atoms with E-state index in [0.717, 1.165) is 18.5 Å². The zero-order chi connectivity index (χ0) is 17.2. The number of anilines is 1. The molecule has 0 unspecified atom stereocenters. The molecule has 2 N–H and O–H groups in total. The molecule has 0 bridgehead atoms. The molecular weight excluding hydrogens is 328 g/mol. The molecule has 0 radical (unpaired) electrons. The van der Waals surface area contributed by atoms with Crippen molar-refractivity contribution in [3.63, 3.8) is 0 Å². The van der Waals surface area contributed by atoms with Crippen LogP contribution in [0, 0.1) is 6.92 Å². The molecule has 7 nitrogen and oxygen atoms in total. The lowest BCUT2D eigenvalue weighted by molar-refractivity contribution is 0.425. The predicted octanol–water partition coefficient (Wildman–Crippen LogP) is 2.70. The van der Waals surface area contributed by atoms with Crippen LogP contribution in [0.2, 0.25) is 0 Å². The van der Waals surface area contributed by atoms with Gasteiger partial charge in [-0.1, -0.05) is 24.4 Å². The number of hydrogen-bond donors (Lipinski definition) is 2. The van der Waals surface area contributed by atoms with E-state index in [1.807, 2.05) is 0 Å². The molecule has 1 heterocycles. The van der Waals surface area contributed by atoms with Crippen LogP contribution in [0.5, 0.6) is 0 Å². The van der Waals surface area contributed by atoms with E-state index in [1.54, 1.807) is 25.1 Å². The van der Waals surface area contributed by atoms with Crippen molar-refractivity contribution in [2.45, 2.75) is 50.0 Å². The first kappa shape index (κ1) is 16.9. The fourth-order valence-electron chi connectivity index (χ4n) is 2.98. The normalized spacial score (nSPS) is 16.2. The van der Waals surface area contributed by atoms with Gasteiger partial charge < -0.3 is 9.84 Å². The molecule has 8 heteroatoms. The van der Waals surface area contributed by atoms with Crippen LogP contribution in [0.3, 0.4) is 0 Å². The number of nitrogens with zero attached hydrogens (tertiary/aromatic N) is 2. The van der Waals surface area contributed by atoms with E-state index in [2.05, 4.69) is 20.2 Å². The fourth-order valence-corrected chi connectivity index (χ4v) is 3.74. The highest BCUT2D eigenvalue weighted by molar-refractivity contribution is 7.89. The zero-order valence-electron chi connectivity index (χ0n) is 13.9. The predicted molar refractivity (Wildman–Crippen MR) is 91.2 cm³/mol. The van der Waals surface area contributed by atoms with Crippen LogP contribution in [0.1, 0.15) is 37.9 Å². The van der Waals surface area contributed by atoms with Gasteiger partial charge in [-0.25, -0.2) is 13.1 Å². The summed E-state index contributed by atoms with van der Waals surface area (Å²) in [6.07, 6.45) is 5.91. The summed E-state index contributed by atoms with van der Waals surface area (Å²) in [6.45, 7) is 1.73. The molecule has 0 atom stereocenters. The van der Waals surface area contributed by atoms with Gasteiger partial charge in [0.05, 0.1) is 10.5 Å². The van der Waals surface area contributed by atoms with Crippen molar-refractivity contribution < 1.29 is 12.9 Å². The van der Waals surface area contributed by atoms with Gasteiger partial charge in [0.1, 0.15) is 0 Å². The Balaban J connectivity index is 2.00. The molecule has 1 fully saturated rings. The molecule has 0 amide bonds. The Morgan fingerprint density at radius 1 is 1.21 bits per heavy atom. The van der Waals surface area contributed by atoms with Crippen molar-refractivity contribution in [3.8, 4) is 11.5 Å². The van der Waals surface area contributed by atoms with Gasteiger partial charge in [0, 0.05) is 11.7 Å². The Hall–Kier alpha value is -1.93. The van der Waals surface area contributed by atoms with Crippen LogP contribution >= 0.6 is 0 Å². The number of aromatic nitrogens is 2. The summed E-state index contributed by atoms with van der Waals surface area (Å²) in [5, 5.41) is 7.32. The Kier molecular flexibility index (Phi) is 4.86. The number of rotatable bonds is 5. The first-order valence-corrected chi connectivity index (χ1v) is 9.63. The minimum atomic E-state index is -3.54. The third-order valence-electron chi connectivity index (χ3n) is 4.29. The molecule has 1 saturated carbocycles. The van der Waals surface area contributed by atoms with Gasteiger partial charge >= 0.3 is 0 Å². The molecule has 2 aromatic rings. The van der Waals surface area contributed by atoms with Crippen LogP contribution in [0.15, 0.2) is 27.6 Å². The molecular formula is C16H22N4O3S. The zero-order valence-corrected chi connectivity index (χ0v) is 14.7. The summed E-state index contributed by atoms with van der Waals surface area (Å²) in [7, 11) is -2.15. The van der Waals surface area contributed by atoms with Crippen molar-refractivity contribution in [3.05, 3.63) is 24.0 Å². The van der Waals surface area contributed by atoms with Gasteiger partial charge in [-0.2, -0.15) is 4.98 Å². The van der Waals surface area contributed by atoms with E-state index in [9.17, 15) is 8.42 Å². The molecule has 130 valence electrons. The van der Waals surface area contributed by atoms with Crippen molar-refractivity contribution in [2.75, 3.05) is 12.4 Å². The largest absolute Gasteiger partial charge is 0.382 e. The number of benzene rings is 1. The third-order valence-corrected chi connectivity index (χ3v) is 5.70. The summed E-state index contributed by atoms with van der Waals surface area (Å²) < 4.78 is 31.8. The molecule has 0 aliphatic heterocycles. The van der Waals surface area contributed by atoms with Gasteiger partial charge in [-0.3, -0.25) is 0 Å². The lowest BCUT2D eigenvalue weighted by atomic mass is 9.95. The Labute approximate surface area is 141 Å². The van der Waals surface area contributed by atoms with E-state index >= 15 is 0 Å². The first-order chi connectivity index (χ1) is 11.5. The third kappa shape index (κ3) is 3.59. The number of aryl methyl sites for hydroxylation is 1. The van der Waals surface area contributed by atoms with E-state index in [1.165, 1.54) is 26.3 Å². The van der Waals surface area contributed by atoms with Gasteiger partial charge in [-0.15, -0.1) is 0 Å². The summed E-state index contributed by atoms with van der Waals surface area (Å²) >= 11 is 0. The van der Waals surface area contributed by atoms with E-state index in [0.29, 0.717) is 23.3 Å². The summed E-state index contributed by atoms with van der Waals surface area (Å²) in [5.41, 5.74) is 1.43. The topological polar surface area (TPSA) is 97.1 Å². The van der Waals surface area contributed by atoms with Gasteiger partial charge in [0.25, 0.3) is 5.89 Å². The Bertz CT molecular complexity index is 810. The van der Waals surface area contributed by atoms with Crippen LogP contribution in [0.4, 0.5) is 5.69 Å². The van der Waals surface area contributed by atoms with Gasteiger partial charge in [-0.05, 0) is 45.0 Å². The van der Waals surface area contributed by atoms with E-state index in [-0.39, 0.29) is 4.90 Å². The number of hydrogen-bond acceptors (Lipinski definition) is 6. The van der Waals surface area contributed by atoms with Crippen LogP contribution in [-0.2, 0) is 10.0 Å². The molecule has 1 aliphatic rings. The Morgan fingerprint density at radius 2 is 1.96 bits per heavy atom. The molecule has 0 saturated heterocycles. The molecule has 24 heavy (non-hydrogen) atoms. The molecule has 0 spiro atoms. The van der Waals surface area contributed by atoms with Crippen molar-refractivity contribution in [1.82, 2.24) is 14.9 Å². The monoisotopic (exact) mass is 350 g/mol. The summed E-state index contributed by atoms with van der Waals surface area (Å²) in [5.74, 6) is 0.828. The second-order valence-corrected chi connectivity index (χ2v) is 7.93. The van der Waals surface area contributed by atoms with Gasteiger partial charge in [0.15, 0.2) is 5.82 Å². The van der Waals surface area contributed by atoms with E-state index < -0.39 is 10.0 Å². The SMILES string of the molecule is CNS(=O)(=O)c1ccc(NC2CCCCC2)c(-c2nc(C)no2)c1. The molecule has 1 aromatic carbocycles. The minimum Gasteiger partial charge on any atom is -0.382 e. The summed E-state index contributed by atoms with van der Waals surface area (Å²) in [4.78, 5) is 4.42. The van der Waals surface area contributed by atoms with Crippen molar-refractivity contribution in [2.24, 2.45) is 0 Å². The van der Waals surface area contributed by atoms with Crippen molar-refractivity contribution >= 4 is 15.7 Å². The highest BCUT2D eigenvalue weighted by atomic mass is 32.2. The number of nitrogens with one attached hydrogen (secondary N) is 2. The molecule has 1 aromatic heterocycles. The second kappa shape index (κ2) is 6.90. The molecule has 3 rings (SSSR count). The first-order valence-electron chi connectivity index (χ1n) is 8.14. The maximum absolute atomic E-state index is 12.1. The van der Waals surface area contributed by atoms with Gasteiger partial charge in [0.2, 0.25) is 10.0 Å². The van der Waals surface area contributed by atoms with Crippen molar-refractivity contribution in [1.29, 1.82) is 0 Å². The standard InChI is InChI=1S/C16H22N4O3S/c1-11-18-16(23-20-11)14-10-13(24(21,22)17-2)8-9-15(14)19-12-6-4-3-5-7-12/h8-10,12,17,19H,3-7H2,1-2H3. The fraction of sp³-hybridized carbons (Fsp3) is 0.500. The maximum Gasteiger partial charge on any atom is 0.260 e. The summed E-state index contributed by atoms with van der Waals surface area (Å²) in [6, 6.07) is 5.31. The lowest BCUT2D eigenvalue weighted by Crippen LogP contribution is -2.23. The highest BCUT2D eigenvalue weighted by Crippen LogP contribution is 2.32.